The molecule has 1 atom stereocenters. The van der Waals surface area contributed by atoms with Crippen LogP contribution in [-0.4, -0.2) is 32.1 Å². The van der Waals surface area contributed by atoms with Gasteiger partial charge in [0, 0.05) is 10.8 Å². The summed E-state index contributed by atoms with van der Waals surface area (Å²) in [5, 5.41) is 5.67. The maximum Gasteiger partial charge on any atom is 0.359 e. The highest BCUT2D eigenvalue weighted by Gasteiger charge is 2.20. The van der Waals surface area contributed by atoms with E-state index in [4.69, 9.17) is 22.1 Å². The summed E-state index contributed by atoms with van der Waals surface area (Å²) in [6.45, 7) is 7.82. The molecule has 0 fully saturated rings. The Morgan fingerprint density at radius 3 is 2.76 bits per heavy atom. The van der Waals surface area contributed by atoms with Crippen molar-refractivity contribution in [1.82, 2.24) is 19.5 Å². The summed E-state index contributed by atoms with van der Waals surface area (Å²) in [5.41, 5.74) is 7.18. The van der Waals surface area contributed by atoms with Crippen molar-refractivity contribution in [2.75, 3.05) is 12.3 Å². The van der Waals surface area contributed by atoms with Crippen LogP contribution in [0.1, 0.15) is 30.0 Å². The molecular weight excluding hydrogens is 476 g/mol. The van der Waals surface area contributed by atoms with Crippen molar-refractivity contribution in [2.24, 2.45) is 0 Å². The van der Waals surface area contributed by atoms with Gasteiger partial charge in [0.2, 0.25) is 5.28 Å². The van der Waals surface area contributed by atoms with Crippen molar-refractivity contribution >= 4 is 63.8 Å². The molecule has 2 aromatic rings. The smallest absolute Gasteiger partial charge is 0.359 e. The maximum atomic E-state index is 12.1. The van der Waals surface area contributed by atoms with Gasteiger partial charge in [-0.2, -0.15) is 5.10 Å². The van der Waals surface area contributed by atoms with Gasteiger partial charge in [-0.15, -0.1) is 0 Å². The summed E-state index contributed by atoms with van der Waals surface area (Å²) in [7, 11) is 0. The van der Waals surface area contributed by atoms with Crippen molar-refractivity contribution in [2.45, 2.75) is 13.8 Å². The minimum Gasteiger partial charge on any atom is -0.461 e. The molecule has 2 heterocycles. The molecule has 0 radical (unpaired) electrons. The third-order valence-corrected chi connectivity index (χ3v) is 5.30. The van der Waals surface area contributed by atoms with E-state index in [0.717, 1.165) is 5.22 Å². The molecule has 0 bridgehead atoms. The molecule has 2 rings (SSSR count). The van der Waals surface area contributed by atoms with Crippen LogP contribution in [0, 0.1) is 0 Å². The Kier molecular flexibility index (Phi) is 6.92. The van der Waals surface area contributed by atoms with Gasteiger partial charge in [0.05, 0.1) is 35.9 Å². The molecule has 0 spiro atoms. The number of carbonyl (C=O) groups is 1. The Morgan fingerprint density at radius 2 is 2.20 bits per heavy atom. The number of rotatable bonds is 5. The Balaban J connectivity index is 2.83. The number of aromatic nitrogens is 4. The Labute approximate surface area is 164 Å². The van der Waals surface area contributed by atoms with Crippen LogP contribution < -0.4 is 16.3 Å². The van der Waals surface area contributed by atoms with Gasteiger partial charge in [-0.25, -0.2) is 19.2 Å². The molecule has 0 aliphatic rings. The second-order valence-electron chi connectivity index (χ2n) is 4.74. The van der Waals surface area contributed by atoms with Gasteiger partial charge in [0.1, 0.15) is 0 Å². The average Bonchev–Trinajstić information content (AvgIpc) is 2.95. The number of hydrogen-bond donors (Lipinski definition) is 1. The van der Waals surface area contributed by atoms with Gasteiger partial charge in [-0.1, -0.05) is 18.7 Å². The van der Waals surface area contributed by atoms with Gasteiger partial charge in [0.15, 0.2) is 5.69 Å². The highest BCUT2D eigenvalue weighted by molar-refractivity contribution is 14.2. The molecule has 7 nitrogen and oxygen atoms in total. The molecule has 0 saturated heterocycles. The monoisotopic (exact) mass is 491 g/mol. The third kappa shape index (κ3) is 4.19. The third-order valence-electron chi connectivity index (χ3n) is 3.21. The molecule has 0 aliphatic carbocycles. The van der Waals surface area contributed by atoms with Crippen molar-refractivity contribution in [3.63, 3.8) is 0 Å². The summed E-state index contributed by atoms with van der Waals surface area (Å²) >= 11 is 8.23. The molecule has 0 aliphatic heterocycles. The van der Waals surface area contributed by atoms with E-state index < -0.39 is 5.97 Å². The number of carbonyl (C=O) groups excluding carboxylic acids is 1. The van der Waals surface area contributed by atoms with E-state index in [9.17, 15) is 4.79 Å². The molecule has 1 unspecified atom stereocenters. The van der Waals surface area contributed by atoms with Crippen LogP contribution in [0.3, 0.4) is 0 Å². The van der Waals surface area contributed by atoms with Crippen molar-refractivity contribution in [1.29, 1.82) is 0 Å². The lowest BCUT2D eigenvalue weighted by atomic mass is 10.1. The van der Waals surface area contributed by atoms with Crippen LogP contribution in [0.4, 0.5) is 5.69 Å². The highest BCUT2D eigenvalue weighted by atomic mass is 127. The minimum absolute atomic E-state index is 0.0624. The lowest BCUT2D eigenvalue weighted by Crippen LogP contribution is -2.27. The molecule has 0 saturated carbocycles. The van der Waals surface area contributed by atoms with Gasteiger partial charge in [-0.05, 0) is 47.5 Å². The molecule has 132 valence electrons. The zero-order chi connectivity index (χ0) is 18.6. The topological polar surface area (TPSA) is 95.9 Å². The molecule has 0 amide bonds. The number of halogens is 2. The van der Waals surface area contributed by atoms with Crippen molar-refractivity contribution in [3.05, 3.63) is 45.6 Å². The number of esters is 1. The van der Waals surface area contributed by atoms with E-state index >= 15 is 0 Å². The zero-order valence-corrected chi connectivity index (χ0v) is 17.5. The molecule has 25 heavy (non-hydrogen) atoms. The molecule has 0 aromatic carbocycles. The number of allylic oxidation sites excluding steroid dienone is 2. The van der Waals surface area contributed by atoms with E-state index in [2.05, 4.69) is 43.7 Å². The number of ether oxygens (including phenoxy) is 1. The first-order valence-electron chi connectivity index (χ1n) is 7.21. The Hall–Kier alpha value is -1.51. The Bertz CT molecular complexity index is 944. The summed E-state index contributed by atoms with van der Waals surface area (Å²) in [4.78, 5) is 20.2. The van der Waals surface area contributed by atoms with Crippen molar-refractivity contribution in [3.8, 4) is 0 Å². The fraction of sp³-hybridized carbons (Fsp3) is 0.200. The normalized spacial score (nSPS) is 13.0. The van der Waals surface area contributed by atoms with Crippen LogP contribution in [0.15, 0.2) is 18.3 Å². The Morgan fingerprint density at radius 1 is 1.52 bits per heavy atom. The molecular formula is C15H16ClIN5O2P. The SMILES string of the molecule is C=c1/c(=C(\C=C/C)c2nc(Cl)nc(C(=O)OCC)c2N)cnn1PI. The van der Waals surface area contributed by atoms with Crippen LogP contribution >= 0.6 is 40.0 Å². The van der Waals surface area contributed by atoms with E-state index in [0.29, 0.717) is 23.0 Å². The quantitative estimate of drug-likeness (QED) is 0.298. The first kappa shape index (κ1) is 19.8. The first-order chi connectivity index (χ1) is 11.9. The fourth-order valence-corrected chi connectivity index (χ4v) is 3.88. The number of anilines is 1. The highest BCUT2D eigenvalue weighted by Crippen LogP contribution is 2.24. The van der Waals surface area contributed by atoms with E-state index in [1.54, 1.807) is 17.6 Å². The summed E-state index contributed by atoms with van der Waals surface area (Å²) in [5.74, 6) is -0.648. The van der Waals surface area contributed by atoms with Crippen LogP contribution in [-0.2, 0) is 4.74 Å². The van der Waals surface area contributed by atoms with Crippen LogP contribution in [0.2, 0.25) is 5.28 Å². The van der Waals surface area contributed by atoms with Gasteiger partial charge < -0.3 is 10.5 Å². The van der Waals surface area contributed by atoms with Crippen molar-refractivity contribution < 1.29 is 9.53 Å². The van der Waals surface area contributed by atoms with E-state index in [1.165, 1.54) is 0 Å². The zero-order valence-electron chi connectivity index (χ0n) is 13.6. The molecule has 2 N–H and O–H groups in total. The fourth-order valence-electron chi connectivity index (χ4n) is 2.14. The lowest BCUT2D eigenvalue weighted by Gasteiger charge is -2.10. The lowest BCUT2D eigenvalue weighted by molar-refractivity contribution is 0.0520. The number of nitrogen functional groups attached to an aromatic ring is 1. The predicted molar refractivity (Wildman–Crippen MR) is 109 cm³/mol. The summed E-state index contributed by atoms with van der Waals surface area (Å²) in [6, 6.07) is 0. The second-order valence-corrected chi connectivity index (χ2v) is 7.12. The van der Waals surface area contributed by atoms with Gasteiger partial charge in [0.25, 0.3) is 0 Å². The number of nitrogens with two attached hydrogens (primary N) is 1. The number of hydrogen-bond acceptors (Lipinski definition) is 6. The maximum absolute atomic E-state index is 12.1. The van der Waals surface area contributed by atoms with Crippen LogP contribution in [0.5, 0.6) is 0 Å². The summed E-state index contributed by atoms with van der Waals surface area (Å²) < 4.78 is 6.75. The standard InChI is InChI=1S/C15H16ClIN5O2P/c1-4-6-9(10-7-19-22(25-17)8(10)3)12-11(18)13(14(23)24-5-2)21-15(16)20-12/h4,6-7,25H,3,5,18H2,1-2H3/b6-4-,10-9+. The minimum atomic E-state index is -0.648. The number of nitrogens with zero attached hydrogens (tertiary/aromatic N) is 4. The molecule has 10 heteroatoms. The second kappa shape index (κ2) is 8.73. The average molecular weight is 492 g/mol. The largest absolute Gasteiger partial charge is 0.461 e. The first-order valence-corrected chi connectivity index (χ1v) is 11.7. The van der Waals surface area contributed by atoms with Crippen LogP contribution in [0.25, 0.3) is 12.2 Å². The predicted octanol–water partition coefficient (Wildman–Crippen LogP) is 2.06. The summed E-state index contributed by atoms with van der Waals surface area (Å²) in [6.07, 6.45) is 5.73. The molecule has 2 aromatic heterocycles. The van der Waals surface area contributed by atoms with Gasteiger partial charge >= 0.3 is 5.97 Å². The van der Waals surface area contributed by atoms with E-state index in [1.807, 2.05) is 19.1 Å². The van der Waals surface area contributed by atoms with Gasteiger partial charge in [-0.3, -0.25) is 0 Å². The van der Waals surface area contributed by atoms with E-state index in [-0.39, 0.29) is 23.3 Å².